The largest absolute Gasteiger partial charge is 0.368 e. The van der Waals surface area contributed by atoms with Gasteiger partial charge in [0, 0.05) is 69.1 Å². The zero-order chi connectivity index (χ0) is 42.8. The number of pyridine rings is 2. The van der Waals surface area contributed by atoms with E-state index in [0.29, 0.717) is 47.0 Å². The van der Waals surface area contributed by atoms with Crippen molar-refractivity contribution in [1.82, 2.24) is 20.8 Å². The molecule has 17 heteroatoms. The van der Waals surface area contributed by atoms with E-state index in [1.807, 2.05) is 37.7 Å². The van der Waals surface area contributed by atoms with Crippen molar-refractivity contribution in [3.8, 4) is 0 Å². The third kappa shape index (κ3) is 12.6. The van der Waals surface area contributed by atoms with Crippen molar-refractivity contribution in [2.75, 3.05) is 61.8 Å². The zero-order valence-electron chi connectivity index (χ0n) is 34.7. The topological polar surface area (TPSA) is 210 Å². The molecule has 2 aromatic carbocycles. The minimum Gasteiger partial charge on any atom is -0.368 e. The van der Waals surface area contributed by atoms with Crippen molar-refractivity contribution in [2.45, 2.75) is 55.4 Å². The van der Waals surface area contributed by atoms with E-state index in [1.165, 1.54) is 13.3 Å². The Bertz CT molecular complexity index is 2090. The van der Waals surface area contributed by atoms with Gasteiger partial charge in [-0.3, -0.25) is 34.7 Å². The Hall–Kier alpha value is -6.36. The Balaban J connectivity index is 0.000000306. The fourth-order valence-corrected chi connectivity index (χ4v) is 5.99. The SMILES string of the molecule is CNC(=O)c1ccc(C)c(Nc2nccc(N(C)CC(C)(C)C)c2[N+](=O)[O-])c1.CONC(=O)c1ccc(C)c(Nc2nccc(N(C)CC(C)(C)C)c2[N+](=O)[O-])c1. The quantitative estimate of drug-likeness (QED) is 0.0757. The van der Waals surface area contributed by atoms with E-state index in [9.17, 15) is 29.8 Å². The fraction of sp³-hybridized carbons (Fsp3) is 0.400. The highest BCUT2D eigenvalue weighted by Crippen LogP contribution is 2.38. The molecule has 0 aliphatic rings. The Morgan fingerprint density at radius 1 is 0.702 bits per heavy atom. The number of anilines is 6. The van der Waals surface area contributed by atoms with Crippen LogP contribution in [0.2, 0.25) is 0 Å². The molecule has 4 aromatic rings. The first-order valence-corrected chi connectivity index (χ1v) is 18.1. The first-order valence-electron chi connectivity index (χ1n) is 18.1. The number of amides is 2. The smallest absolute Gasteiger partial charge is 0.334 e. The van der Waals surface area contributed by atoms with Gasteiger partial charge in [0.1, 0.15) is 11.4 Å². The molecule has 4 N–H and O–H groups in total. The van der Waals surface area contributed by atoms with Crippen LogP contribution in [0.4, 0.5) is 45.8 Å². The number of hydrogen-bond acceptors (Lipinski definition) is 13. The molecule has 0 aliphatic carbocycles. The van der Waals surface area contributed by atoms with Gasteiger partial charge >= 0.3 is 11.4 Å². The third-order valence-corrected chi connectivity index (χ3v) is 8.34. The van der Waals surface area contributed by atoms with Crippen molar-refractivity contribution < 1.29 is 24.3 Å². The molecule has 0 radical (unpaired) electrons. The number of carbonyl (C=O) groups excluding carboxylic acids is 2. The van der Waals surface area contributed by atoms with Crippen LogP contribution in [0.1, 0.15) is 73.4 Å². The number of benzene rings is 2. The summed E-state index contributed by atoms with van der Waals surface area (Å²) in [7, 11) is 6.54. The Labute approximate surface area is 333 Å². The number of aryl methyl sites for hydroxylation is 2. The minimum absolute atomic E-state index is 0.0298. The monoisotopic (exact) mass is 786 g/mol. The lowest BCUT2D eigenvalue weighted by Gasteiger charge is -2.28. The number of nitro groups is 2. The van der Waals surface area contributed by atoms with Gasteiger partial charge in [0.2, 0.25) is 11.6 Å². The number of nitrogens with one attached hydrogen (secondary N) is 4. The lowest BCUT2D eigenvalue weighted by atomic mass is 9.96. The van der Waals surface area contributed by atoms with Gasteiger partial charge in [0.15, 0.2) is 0 Å². The van der Waals surface area contributed by atoms with Crippen LogP contribution in [0, 0.1) is 44.9 Å². The maximum atomic E-state index is 12.0. The maximum absolute atomic E-state index is 12.0. The van der Waals surface area contributed by atoms with Gasteiger partial charge in [0.25, 0.3) is 11.8 Å². The van der Waals surface area contributed by atoms with E-state index in [-0.39, 0.29) is 39.7 Å². The predicted molar refractivity (Wildman–Crippen MR) is 224 cm³/mol. The van der Waals surface area contributed by atoms with Crippen LogP contribution in [0.25, 0.3) is 0 Å². The average Bonchev–Trinajstić information content (AvgIpc) is 3.11. The van der Waals surface area contributed by atoms with Crippen LogP contribution in [0.3, 0.4) is 0 Å². The van der Waals surface area contributed by atoms with Crippen LogP contribution in [-0.4, -0.2) is 73.0 Å². The number of aromatic nitrogens is 2. The number of nitrogens with zero attached hydrogens (tertiary/aromatic N) is 6. The molecule has 0 aliphatic heterocycles. The highest BCUT2D eigenvalue weighted by molar-refractivity contribution is 5.96. The second-order valence-electron chi connectivity index (χ2n) is 15.9. The summed E-state index contributed by atoms with van der Waals surface area (Å²) < 4.78 is 0. The molecule has 306 valence electrons. The van der Waals surface area contributed by atoms with Gasteiger partial charge in [-0.2, -0.15) is 0 Å². The Kier molecular flexibility index (Phi) is 15.0. The van der Waals surface area contributed by atoms with Crippen molar-refractivity contribution in [3.05, 3.63) is 103 Å². The molecule has 0 saturated carbocycles. The molecule has 0 fully saturated rings. The Morgan fingerprint density at radius 3 is 1.42 bits per heavy atom. The van der Waals surface area contributed by atoms with Crippen LogP contribution in [0.5, 0.6) is 0 Å². The summed E-state index contributed by atoms with van der Waals surface area (Å²) in [5.41, 5.74) is 6.50. The fourth-order valence-electron chi connectivity index (χ4n) is 5.99. The van der Waals surface area contributed by atoms with Crippen LogP contribution in [-0.2, 0) is 4.84 Å². The number of rotatable bonds is 13. The van der Waals surface area contributed by atoms with E-state index >= 15 is 0 Å². The zero-order valence-corrected chi connectivity index (χ0v) is 34.7. The van der Waals surface area contributed by atoms with E-state index in [1.54, 1.807) is 61.8 Å². The van der Waals surface area contributed by atoms with Crippen LogP contribution in [0.15, 0.2) is 60.9 Å². The molecule has 0 bridgehead atoms. The number of carbonyl (C=O) groups is 2. The maximum Gasteiger partial charge on any atom is 0.334 e. The van der Waals surface area contributed by atoms with E-state index in [2.05, 4.69) is 77.8 Å². The first-order chi connectivity index (χ1) is 26.6. The van der Waals surface area contributed by atoms with E-state index in [4.69, 9.17) is 0 Å². The normalized spacial score (nSPS) is 11.1. The molecule has 17 nitrogen and oxygen atoms in total. The summed E-state index contributed by atoms with van der Waals surface area (Å²) in [4.78, 5) is 63.5. The molecule has 0 saturated heterocycles. The van der Waals surface area contributed by atoms with Crippen LogP contribution >= 0.6 is 0 Å². The lowest BCUT2D eigenvalue weighted by Crippen LogP contribution is -2.29. The number of hydroxylamine groups is 1. The molecule has 0 atom stereocenters. The summed E-state index contributed by atoms with van der Waals surface area (Å²) >= 11 is 0. The molecule has 2 heterocycles. The average molecular weight is 787 g/mol. The second kappa shape index (κ2) is 19.0. The summed E-state index contributed by atoms with van der Waals surface area (Å²) in [5.74, 6) is -0.401. The predicted octanol–water partition coefficient (Wildman–Crippen LogP) is 7.70. The standard InChI is InChI=1S/C20H27N5O4.C20H27N5O3/c1-13-7-8-14(19(26)23-29-6)11-15(13)22-18-17(25(27)28)16(9-10-21-18)24(5)12-20(2,3)4;1-13-7-8-14(19(26)21-5)11-15(13)23-18-17(25(27)28)16(9-10-22-18)24(6)12-20(2,3)4/h7-11H,12H2,1-6H3,(H,21,22)(H,23,26);7-11H,12H2,1-6H3,(H,21,26)(H,22,23). The van der Waals surface area contributed by atoms with Gasteiger partial charge in [-0.1, -0.05) is 53.7 Å². The molecule has 0 spiro atoms. The van der Waals surface area contributed by atoms with Crippen LogP contribution < -0.4 is 31.2 Å². The van der Waals surface area contributed by atoms with Gasteiger partial charge < -0.3 is 25.8 Å². The van der Waals surface area contributed by atoms with Gasteiger partial charge in [-0.25, -0.2) is 15.4 Å². The Morgan fingerprint density at radius 2 is 1.09 bits per heavy atom. The van der Waals surface area contributed by atoms with Gasteiger partial charge in [-0.05, 0) is 72.2 Å². The highest BCUT2D eigenvalue weighted by atomic mass is 16.6. The molecular formula is C40H54N10O7. The summed E-state index contributed by atoms with van der Waals surface area (Å²) in [5, 5.41) is 32.3. The van der Waals surface area contributed by atoms with E-state index < -0.39 is 15.8 Å². The highest BCUT2D eigenvalue weighted by Gasteiger charge is 2.28. The molecule has 0 unspecified atom stereocenters. The molecule has 4 rings (SSSR count). The third-order valence-electron chi connectivity index (χ3n) is 8.34. The lowest BCUT2D eigenvalue weighted by molar-refractivity contribution is -0.383. The molecule has 2 aromatic heterocycles. The van der Waals surface area contributed by atoms with E-state index in [0.717, 1.165) is 11.1 Å². The summed E-state index contributed by atoms with van der Waals surface area (Å²) in [6.07, 6.45) is 3.07. The summed E-state index contributed by atoms with van der Waals surface area (Å²) in [6.45, 7) is 17.4. The first kappa shape index (κ1) is 45.0. The van der Waals surface area contributed by atoms with Crippen molar-refractivity contribution in [1.29, 1.82) is 0 Å². The van der Waals surface area contributed by atoms with Gasteiger partial charge in [-0.15, -0.1) is 0 Å². The van der Waals surface area contributed by atoms with Crippen molar-refractivity contribution >= 4 is 57.6 Å². The molecule has 57 heavy (non-hydrogen) atoms. The molecule has 2 amide bonds. The minimum atomic E-state index is -0.444. The summed E-state index contributed by atoms with van der Waals surface area (Å²) in [6, 6.07) is 13.4. The molecular weight excluding hydrogens is 733 g/mol. The second-order valence-corrected chi connectivity index (χ2v) is 15.9. The number of hydrogen-bond donors (Lipinski definition) is 4. The van der Waals surface area contributed by atoms with Crippen molar-refractivity contribution in [2.24, 2.45) is 10.8 Å². The van der Waals surface area contributed by atoms with Crippen molar-refractivity contribution in [3.63, 3.8) is 0 Å². The van der Waals surface area contributed by atoms with Gasteiger partial charge in [0.05, 0.1) is 17.0 Å².